The van der Waals surface area contributed by atoms with Gasteiger partial charge in [0.1, 0.15) is 5.75 Å². The predicted octanol–water partition coefficient (Wildman–Crippen LogP) is 4.67. The lowest BCUT2D eigenvalue weighted by atomic mass is 10.2. The first kappa shape index (κ1) is 20.3. The second-order valence-electron chi connectivity index (χ2n) is 6.90. The smallest absolute Gasteiger partial charge is 0.274 e. The Morgan fingerprint density at radius 3 is 2.38 bits per heavy atom. The van der Waals surface area contributed by atoms with E-state index in [0.717, 1.165) is 17.0 Å². The normalized spacial score (nSPS) is 10.6. The average Bonchev–Trinajstić information content (AvgIpc) is 2.74. The molecule has 1 N–H and O–H groups in total. The fourth-order valence-electron chi connectivity index (χ4n) is 2.87. The largest absolute Gasteiger partial charge is 0.489 e. The van der Waals surface area contributed by atoms with Crippen LogP contribution in [0.4, 0.5) is 11.5 Å². The minimum Gasteiger partial charge on any atom is -0.489 e. The van der Waals surface area contributed by atoms with Gasteiger partial charge in [-0.1, -0.05) is 42.5 Å². The number of aromatic nitrogens is 2. The van der Waals surface area contributed by atoms with Crippen LogP contribution >= 0.6 is 0 Å². The van der Waals surface area contributed by atoms with Gasteiger partial charge in [0.25, 0.3) is 5.91 Å². The molecule has 1 amide bonds. The van der Waals surface area contributed by atoms with Gasteiger partial charge in [0.05, 0.1) is 11.8 Å². The molecule has 3 aromatic rings. The Hall–Kier alpha value is -3.41. The Balaban J connectivity index is 1.70. The van der Waals surface area contributed by atoms with Crippen LogP contribution in [-0.4, -0.2) is 33.7 Å². The van der Waals surface area contributed by atoms with Gasteiger partial charge in [-0.25, -0.2) is 0 Å². The molecule has 1 aromatic heterocycles. The number of amides is 1. The summed E-state index contributed by atoms with van der Waals surface area (Å²) in [4.78, 5) is 14.6. The minimum atomic E-state index is -0.140. The van der Waals surface area contributed by atoms with E-state index >= 15 is 0 Å². The van der Waals surface area contributed by atoms with Crippen molar-refractivity contribution < 1.29 is 9.53 Å². The van der Waals surface area contributed by atoms with E-state index in [0.29, 0.717) is 24.6 Å². The summed E-state index contributed by atoms with van der Waals surface area (Å²) in [6.45, 7) is 7.04. The first-order valence-corrected chi connectivity index (χ1v) is 9.76. The second kappa shape index (κ2) is 9.68. The zero-order valence-electron chi connectivity index (χ0n) is 17.0. The fourth-order valence-corrected chi connectivity index (χ4v) is 2.87. The molecular formula is C23H26N4O2. The van der Waals surface area contributed by atoms with Gasteiger partial charge in [-0.3, -0.25) is 4.79 Å². The third-order valence-corrected chi connectivity index (χ3v) is 4.28. The Morgan fingerprint density at radius 2 is 1.72 bits per heavy atom. The summed E-state index contributed by atoms with van der Waals surface area (Å²) in [6, 6.07) is 21.0. The Bertz CT molecular complexity index is 927. The van der Waals surface area contributed by atoms with Gasteiger partial charge >= 0.3 is 0 Å². The molecule has 6 heteroatoms. The van der Waals surface area contributed by atoms with Crippen molar-refractivity contribution in [1.29, 1.82) is 0 Å². The highest BCUT2D eigenvalue weighted by atomic mass is 16.5. The number of nitrogens with one attached hydrogen (secondary N) is 1. The van der Waals surface area contributed by atoms with E-state index in [9.17, 15) is 4.79 Å². The van der Waals surface area contributed by atoms with Crippen LogP contribution in [0.5, 0.6) is 5.75 Å². The van der Waals surface area contributed by atoms with Crippen LogP contribution in [-0.2, 0) is 6.54 Å². The standard InChI is InChI=1S/C23H26N4O2/c1-4-27(16-18-10-6-5-7-11-18)23(28)20-14-15-22(26-25-20)24-19-12-8-9-13-21(19)29-17(2)3/h5-15,17H,4,16H2,1-3H3,(H,24,26). The molecule has 29 heavy (non-hydrogen) atoms. The lowest BCUT2D eigenvalue weighted by Crippen LogP contribution is -2.31. The van der Waals surface area contributed by atoms with Gasteiger partial charge in [-0.2, -0.15) is 0 Å². The van der Waals surface area contributed by atoms with Gasteiger partial charge in [0.2, 0.25) is 0 Å². The van der Waals surface area contributed by atoms with E-state index in [4.69, 9.17) is 4.74 Å². The average molecular weight is 390 g/mol. The third kappa shape index (κ3) is 5.54. The van der Waals surface area contributed by atoms with Gasteiger partial charge in [0, 0.05) is 13.1 Å². The van der Waals surface area contributed by atoms with Crippen LogP contribution in [0.15, 0.2) is 66.7 Å². The van der Waals surface area contributed by atoms with Crippen molar-refractivity contribution >= 4 is 17.4 Å². The number of anilines is 2. The molecule has 6 nitrogen and oxygen atoms in total. The molecule has 0 unspecified atom stereocenters. The fraction of sp³-hybridized carbons (Fsp3) is 0.261. The van der Waals surface area contributed by atoms with Crippen molar-refractivity contribution in [3.05, 3.63) is 78.0 Å². The second-order valence-corrected chi connectivity index (χ2v) is 6.90. The molecular weight excluding hydrogens is 364 g/mol. The minimum absolute atomic E-state index is 0.0636. The topological polar surface area (TPSA) is 67.4 Å². The Kier molecular flexibility index (Phi) is 6.79. The number of ether oxygens (including phenoxy) is 1. The van der Waals surface area contributed by atoms with Crippen LogP contribution in [0.25, 0.3) is 0 Å². The molecule has 0 aliphatic carbocycles. The first-order chi connectivity index (χ1) is 14.1. The lowest BCUT2D eigenvalue weighted by molar-refractivity contribution is 0.0745. The van der Waals surface area contributed by atoms with Crippen LogP contribution in [0.1, 0.15) is 36.8 Å². The summed E-state index contributed by atoms with van der Waals surface area (Å²) in [7, 11) is 0. The number of hydrogen-bond acceptors (Lipinski definition) is 5. The molecule has 0 spiro atoms. The number of benzene rings is 2. The van der Waals surface area contributed by atoms with E-state index in [1.807, 2.05) is 75.4 Å². The molecule has 150 valence electrons. The van der Waals surface area contributed by atoms with Crippen molar-refractivity contribution in [2.75, 3.05) is 11.9 Å². The number of para-hydroxylation sites is 2. The first-order valence-electron chi connectivity index (χ1n) is 9.76. The predicted molar refractivity (Wildman–Crippen MR) is 114 cm³/mol. The van der Waals surface area contributed by atoms with Crippen molar-refractivity contribution in [3.8, 4) is 5.75 Å². The summed E-state index contributed by atoms with van der Waals surface area (Å²) in [5.41, 5.74) is 2.20. The molecule has 0 fully saturated rings. The summed E-state index contributed by atoms with van der Waals surface area (Å²) in [5.74, 6) is 1.15. The van der Waals surface area contributed by atoms with Crippen LogP contribution < -0.4 is 10.1 Å². The molecule has 2 aromatic carbocycles. The van der Waals surface area contributed by atoms with Gasteiger partial charge in [0.15, 0.2) is 11.5 Å². The summed E-state index contributed by atoms with van der Waals surface area (Å²) in [6.07, 6.45) is 0.0636. The number of carbonyl (C=O) groups excluding carboxylic acids is 1. The maximum atomic E-state index is 12.8. The van der Waals surface area contributed by atoms with Crippen molar-refractivity contribution in [3.63, 3.8) is 0 Å². The number of rotatable bonds is 8. The van der Waals surface area contributed by atoms with E-state index in [2.05, 4.69) is 15.5 Å². The molecule has 0 atom stereocenters. The quantitative estimate of drug-likeness (QED) is 0.605. The molecule has 0 radical (unpaired) electrons. The van der Waals surface area contributed by atoms with E-state index in [1.54, 1.807) is 17.0 Å². The maximum Gasteiger partial charge on any atom is 0.274 e. The molecule has 0 saturated carbocycles. The van der Waals surface area contributed by atoms with E-state index < -0.39 is 0 Å². The lowest BCUT2D eigenvalue weighted by Gasteiger charge is -2.20. The van der Waals surface area contributed by atoms with E-state index in [-0.39, 0.29) is 12.0 Å². The molecule has 0 saturated heterocycles. The van der Waals surface area contributed by atoms with Crippen LogP contribution in [0.3, 0.4) is 0 Å². The van der Waals surface area contributed by atoms with Crippen molar-refractivity contribution in [2.24, 2.45) is 0 Å². The number of carbonyl (C=O) groups is 1. The van der Waals surface area contributed by atoms with Crippen LogP contribution in [0.2, 0.25) is 0 Å². The zero-order chi connectivity index (χ0) is 20.6. The van der Waals surface area contributed by atoms with E-state index in [1.165, 1.54) is 0 Å². The van der Waals surface area contributed by atoms with Gasteiger partial charge in [-0.15, -0.1) is 10.2 Å². The Labute approximate surface area is 171 Å². The molecule has 0 bridgehead atoms. The van der Waals surface area contributed by atoms with Crippen molar-refractivity contribution in [2.45, 2.75) is 33.4 Å². The summed E-state index contributed by atoms with van der Waals surface area (Å²) in [5, 5.41) is 11.5. The van der Waals surface area contributed by atoms with Gasteiger partial charge < -0.3 is 15.0 Å². The Morgan fingerprint density at radius 1 is 1.00 bits per heavy atom. The maximum absolute atomic E-state index is 12.8. The highest BCUT2D eigenvalue weighted by molar-refractivity contribution is 5.92. The SMILES string of the molecule is CCN(Cc1ccccc1)C(=O)c1ccc(Nc2ccccc2OC(C)C)nn1. The van der Waals surface area contributed by atoms with Gasteiger partial charge in [-0.05, 0) is 50.6 Å². The zero-order valence-corrected chi connectivity index (χ0v) is 17.0. The molecule has 3 rings (SSSR count). The number of nitrogens with zero attached hydrogens (tertiary/aromatic N) is 3. The highest BCUT2D eigenvalue weighted by Crippen LogP contribution is 2.27. The summed E-state index contributed by atoms with van der Waals surface area (Å²) < 4.78 is 5.81. The molecule has 0 aliphatic heterocycles. The third-order valence-electron chi connectivity index (χ3n) is 4.28. The monoisotopic (exact) mass is 390 g/mol. The van der Waals surface area contributed by atoms with Crippen molar-refractivity contribution in [1.82, 2.24) is 15.1 Å². The van der Waals surface area contributed by atoms with Crippen LogP contribution in [0, 0.1) is 0 Å². The highest BCUT2D eigenvalue weighted by Gasteiger charge is 2.17. The summed E-state index contributed by atoms with van der Waals surface area (Å²) >= 11 is 0. The molecule has 0 aliphatic rings. The molecule has 1 heterocycles. The number of hydrogen-bond donors (Lipinski definition) is 1.